The number of fused-ring (bicyclic) bond motifs is 1. The summed E-state index contributed by atoms with van der Waals surface area (Å²) < 4.78 is 0. The molecule has 1 aliphatic carbocycles. The zero-order valence-corrected chi connectivity index (χ0v) is 10.9. The molecule has 2 N–H and O–H groups in total. The maximum atomic E-state index is 5.88. The molecule has 1 saturated heterocycles. The molecule has 2 nitrogen and oxygen atoms in total. The van der Waals surface area contributed by atoms with Gasteiger partial charge in [0, 0.05) is 24.8 Å². The van der Waals surface area contributed by atoms with Crippen molar-refractivity contribution >= 4 is 5.69 Å². The molecule has 92 valence electrons. The zero-order chi connectivity index (χ0) is 12.0. The molecule has 1 atom stereocenters. The standard InChI is InChI=1S/C15H22N2/c1-15(2)9-17(10-15)14-5-3-4-11-8-12(16)6-7-13(11)14/h6-8,14H,3-5,9-10,16H2,1-2H3. The molecule has 2 aliphatic rings. The van der Waals surface area contributed by atoms with E-state index in [9.17, 15) is 0 Å². The molecule has 2 heteroatoms. The molecule has 1 aromatic rings. The molecule has 1 heterocycles. The van der Waals surface area contributed by atoms with E-state index in [2.05, 4.69) is 36.9 Å². The third-order valence-corrected chi connectivity index (χ3v) is 4.15. The molecule has 0 bridgehead atoms. The Bertz CT molecular complexity index is 429. The minimum atomic E-state index is 0.519. The summed E-state index contributed by atoms with van der Waals surface area (Å²) in [6, 6.07) is 7.13. The summed E-state index contributed by atoms with van der Waals surface area (Å²) in [4.78, 5) is 2.63. The maximum Gasteiger partial charge on any atom is 0.0351 e. The molecule has 0 amide bonds. The highest BCUT2D eigenvalue weighted by molar-refractivity contribution is 5.46. The molecule has 1 aliphatic heterocycles. The molecule has 1 fully saturated rings. The van der Waals surface area contributed by atoms with Crippen LogP contribution in [0.25, 0.3) is 0 Å². The van der Waals surface area contributed by atoms with E-state index in [0.29, 0.717) is 11.5 Å². The molecular formula is C15H22N2. The van der Waals surface area contributed by atoms with Gasteiger partial charge in [0.2, 0.25) is 0 Å². The molecule has 0 aromatic heterocycles. The first kappa shape index (κ1) is 11.1. The van der Waals surface area contributed by atoms with Crippen LogP contribution in [0.1, 0.15) is 43.9 Å². The minimum Gasteiger partial charge on any atom is -0.399 e. The normalized spacial score (nSPS) is 27.3. The van der Waals surface area contributed by atoms with Crippen molar-refractivity contribution in [2.75, 3.05) is 18.8 Å². The highest BCUT2D eigenvalue weighted by Crippen LogP contribution is 2.42. The van der Waals surface area contributed by atoms with Crippen molar-refractivity contribution in [3.63, 3.8) is 0 Å². The lowest BCUT2D eigenvalue weighted by atomic mass is 9.78. The van der Waals surface area contributed by atoms with Gasteiger partial charge in [0.15, 0.2) is 0 Å². The van der Waals surface area contributed by atoms with E-state index in [0.717, 1.165) is 5.69 Å². The Hall–Kier alpha value is -1.02. The van der Waals surface area contributed by atoms with Crippen LogP contribution in [0.4, 0.5) is 5.69 Å². The van der Waals surface area contributed by atoms with Crippen molar-refractivity contribution < 1.29 is 0 Å². The number of anilines is 1. The second-order valence-electron chi connectivity index (χ2n) is 6.44. The largest absolute Gasteiger partial charge is 0.399 e. The fourth-order valence-electron chi connectivity index (χ4n) is 3.46. The van der Waals surface area contributed by atoms with Crippen molar-refractivity contribution in [1.29, 1.82) is 0 Å². The monoisotopic (exact) mass is 230 g/mol. The SMILES string of the molecule is CC1(C)CN(C2CCCc3cc(N)ccc32)C1. The van der Waals surface area contributed by atoms with Gasteiger partial charge < -0.3 is 5.73 Å². The summed E-state index contributed by atoms with van der Waals surface area (Å²) in [7, 11) is 0. The van der Waals surface area contributed by atoms with E-state index in [-0.39, 0.29) is 0 Å². The third kappa shape index (κ3) is 1.95. The Balaban J connectivity index is 1.85. The molecule has 0 radical (unpaired) electrons. The Morgan fingerprint density at radius 3 is 2.76 bits per heavy atom. The molecular weight excluding hydrogens is 208 g/mol. The van der Waals surface area contributed by atoms with Gasteiger partial charge in [0.25, 0.3) is 0 Å². The maximum absolute atomic E-state index is 5.88. The lowest BCUT2D eigenvalue weighted by Crippen LogP contribution is -2.54. The number of nitrogens with two attached hydrogens (primary N) is 1. The number of benzene rings is 1. The van der Waals surface area contributed by atoms with E-state index in [1.165, 1.54) is 43.5 Å². The van der Waals surface area contributed by atoms with Gasteiger partial charge in [-0.2, -0.15) is 0 Å². The average molecular weight is 230 g/mol. The summed E-state index contributed by atoms with van der Waals surface area (Å²) in [6.45, 7) is 7.19. The third-order valence-electron chi connectivity index (χ3n) is 4.15. The molecule has 1 unspecified atom stereocenters. The van der Waals surface area contributed by atoms with Crippen molar-refractivity contribution in [1.82, 2.24) is 4.90 Å². The topological polar surface area (TPSA) is 29.3 Å². The predicted octanol–water partition coefficient (Wildman–Crippen LogP) is 2.99. The Kier molecular flexibility index (Phi) is 2.44. The summed E-state index contributed by atoms with van der Waals surface area (Å²) in [5.74, 6) is 0. The van der Waals surface area contributed by atoms with E-state index >= 15 is 0 Å². The van der Waals surface area contributed by atoms with Crippen LogP contribution in [0.2, 0.25) is 0 Å². The number of nitrogens with zero attached hydrogens (tertiary/aromatic N) is 1. The van der Waals surface area contributed by atoms with Crippen molar-refractivity contribution in [2.24, 2.45) is 5.41 Å². The zero-order valence-electron chi connectivity index (χ0n) is 10.9. The first-order valence-corrected chi connectivity index (χ1v) is 6.67. The minimum absolute atomic E-state index is 0.519. The van der Waals surface area contributed by atoms with Gasteiger partial charge >= 0.3 is 0 Å². The fourth-order valence-corrected chi connectivity index (χ4v) is 3.46. The van der Waals surface area contributed by atoms with Crippen LogP contribution in [0.15, 0.2) is 18.2 Å². The highest BCUT2D eigenvalue weighted by atomic mass is 15.2. The number of likely N-dealkylation sites (tertiary alicyclic amines) is 1. The van der Waals surface area contributed by atoms with Gasteiger partial charge in [-0.25, -0.2) is 0 Å². The van der Waals surface area contributed by atoms with Crippen LogP contribution in [0.5, 0.6) is 0 Å². The Morgan fingerprint density at radius 2 is 2.06 bits per heavy atom. The lowest BCUT2D eigenvalue weighted by molar-refractivity contribution is -0.0125. The van der Waals surface area contributed by atoms with Crippen LogP contribution < -0.4 is 5.73 Å². The van der Waals surface area contributed by atoms with Gasteiger partial charge in [-0.05, 0) is 47.9 Å². The molecule has 0 spiro atoms. The Morgan fingerprint density at radius 1 is 1.29 bits per heavy atom. The summed E-state index contributed by atoms with van der Waals surface area (Å²) in [6.07, 6.45) is 3.82. The van der Waals surface area contributed by atoms with Crippen molar-refractivity contribution in [2.45, 2.75) is 39.2 Å². The average Bonchev–Trinajstić information content (AvgIpc) is 2.24. The molecule has 1 aromatic carbocycles. The van der Waals surface area contributed by atoms with Crippen LogP contribution in [0, 0.1) is 5.41 Å². The first-order chi connectivity index (χ1) is 8.05. The van der Waals surface area contributed by atoms with Crippen LogP contribution in [-0.2, 0) is 6.42 Å². The van der Waals surface area contributed by atoms with E-state index in [1.54, 1.807) is 0 Å². The van der Waals surface area contributed by atoms with Gasteiger partial charge in [-0.1, -0.05) is 19.9 Å². The fraction of sp³-hybridized carbons (Fsp3) is 0.600. The number of hydrogen-bond acceptors (Lipinski definition) is 2. The van der Waals surface area contributed by atoms with Crippen LogP contribution in [0.3, 0.4) is 0 Å². The summed E-state index contributed by atoms with van der Waals surface area (Å²) >= 11 is 0. The number of aryl methyl sites for hydroxylation is 1. The molecule has 0 saturated carbocycles. The number of nitrogen functional groups attached to an aromatic ring is 1. The van der Waals surface area contributed by atoms with E-state index < -0.39 is 0 Å². The van der Waals surface area contributed by atoms with Crippen LogP contribution in [-0.4, -0.2) is 18.0 Å². The van der Waals surface area contributed by atoms with E-state index in [1.807, 2.05) is 0 Å². The van der Waals surface area contributed by atoms with Gasteiger partial charge in [-0.3, -0.25) is 4.90 Å². The van der Waals surface area contributed by atoms with Gasteiger partial charge in [0.05, 0.1) is 0 Å². The molecule has 17 heavy (non-hydrogen) atoms. The predicted molar refractivity (Wildman–Crippen MR) is 71.9 cm³/mol. The highest BCUT2D eigenvalue weighted by Gasteiger charge is 2.39. The first-order valence-electron chi connectivity index (χ1n) is 6.67. The number of rotatable bonds is 1. The second kappa shape index (κ2) is 3.74. The van der Waals surface area contributed by atoms with Crippen LogP contribution >= 0.6 is 0 Å². The Labute approximate surface area is 104 Å². The van der Waals surface area contributed by atoms with Crippen molar-refractivity contribution in [3.8, 4) is 0 Å². The summed E-state index contributed by atoms with van der Waals surface area (Å²) in [5.41, 5.74) is 10.3. The van der Waals surface area contributed by atoms with Gasteiger partial charge in [-0.15, -0.1) is 0 Å². The summed E-state index contributed by atoms with van der Waals surface area (Å²) in [5, 5.41) is 0. The van der Waals surface area contributed by atoms with Gasteiger partial charge in [0.1, 0.15) is 0 Å². The quantitative estimate of drug-likeness (QED) is 0.751. The van der Waals surface area contributed by atoms with E-state index in [4.69, 9.17) is 5.73 Å². The number of hydrogen-bond donors (Lipinski definition) is 1. The molecule has 3 rings (SSSR count). The second-order valence-corrected chi connectivity index (χ2v) is 6.44. The lowest BCUT2D eigenvalue weighted by Gasteiger charge is -2.51. The smallest absolute Gasteiger partial charge is 0.0351 e. The van der Waals surface area contributed by atoms with Crippen molar-refractivity contribution in [3.05, 3.63) is 29.3 Å².